The van der Waals surface area contributed by atoms with Gasteiger partial charge in [-0.15, -0.1) is 0 Å². The first-order valence-corrected chi connectivity index (χ1v) is 5.29. The van der Waals surface area contributed by atoms with Gasteiger partial charge in [0.2, 0.25) is 0 Å². The molecule has 0 fully saturated rings. The van der Waals surface area contributed by atoms with Crippen molar-refractivity contribution in [1.29, 1.82) is 0 Å². The standard InChI is InChI=1S/C12H15FN4/c1-8-11(14)12(17(3)15-8)16(2)10-6-4-9(13)5-7-10/h4-7H,14H2,1-3H3. The van der Waals surface area contributed by atoms with Gasteiger partial charge in [-0.1, -0.05) is 0 Å². The first kappa shape index (κ1) is 11.4. The fraction of sp³-hybridized carbons (Fsp3) is 0.250. The minimum atomic E-state index is -0.253. The van der Waals surface area contributed by atoms with Gasteiger partial charge < -0.3 is 10.6 Å². The zero-order valence-electron chi connectivity index (χ0n) is 10.1. The highest BCUT2D eigenvalue weighted by Crippen LogP contribution is 2.30. The van der Waals surface area contributed by atoms with E-state index in [0.29, 0.717) is 5.69 Å². The summed E-state index contributed by atoms with van der Waals surface area (Å²) in [6.07, 6.45) is 0. The van der Waals surface area contributed by atoms with Crippen molar-refractivity contribution in [2.45, 2.75) is 6.92 Å². The molecule has 0 atom stereocenters. The molecule has 1 aromatic heterocycles. The first-order chi connectivity index (χ1) is 8.00. The zero-order chi connectivity index (χ0) is 12.6. The summed E-state index contributed by atoms with van der Waals surface area (Å²) < 4.78 is 14.6. The van der Waals surface area contributed by atoms with Crippen molar-refractivity contribution in [3.05, 3.63) is 35.8 Å². The molecule has 17 heavy (non-hydrogen) atoms. The van der Waals surface area contributed by atoms with E-state index >= 15 is 0 Å². The molecule has 0 aliphatic carbocycles. The van der Waals surface area contributed by atoms with Crippen LogP contribution < -0.4 is 10.6 Å². The van der Waals surface area contributed by atoms with Crippen LogP contribution in [-0.4, -0.2) is 16.8 Å². The normalized spacial score (nSPS) is 10.6. The van der Waals surface area contributed by atoms with Crippen LogP contribution in [-0.2, 0) is 7.05 Å². The Balaban J connectivity index is 2.43. The maximum Gasteiger partial charge on any atom is 0.154 e. The average molecular weight is 234 g/mol. The Bertz CT molecular complexity index is 530. The minimum absolute atomic E-state index is 0.253. The second kappa shape index (κ2) is 4.08. The molecule has 0 saturated carbocycles. The maximum absolute atomic E-state index is 12.9. The Kier molecular flexibility index (Phi) is 2.75. The van der Waals surface area contributed by atoms with Crippen LogP contribution in [0.4, 0.5) is 21.6 Å². The summed E-state index contributed by atoms with van der Waals surface area (Å²) in [5.41, 5.74) is 8.26. The molecule has 5 heteroatoms. The Morgan fingerprint density at radius 2 is 1.88 bits per heavy atom. The van der Waals surface area contributed by atoms with Crippen LogP contribution in [0.1, 0.15) is 5.69 Å². The van der Waals surface area contributed by atoms with Gasteiger partial charge in [-0.2, -0.15) is 5.10 Å². The van der Waals surface area contributed by atoms with E-state index in [9.17, 15) is 4.39 Å². The number of hydrogen-bond donors (Lipinski definition) is 1. The number of aromatic nitrogens is 2. The third kappa shape index (κ3) is 1.95. The molecule has 1 heterocycles. The number of nitrogens with two attached hydrogens (primary N) is 1. The molecule has 2 N–H and O–H groups in total. The summed E-state index contributed by atoms with van der Waals surface area (Å²) >= 11 is 0. The van der Waals surface area contributed by atoms with Gasteiger partial charge in [-0.3, -0.25) is 4.68 Å². The largest absolute Gasteiger partial charge is 0.394 e. The van der Waals surface area contributed by atoms with Gasteiger partial charge >= 0.3 is 0 Å². The molecular weight excluding hydrogens is 219 g/mol. The molecule has 2 aromatic rings. The summed E-state index contributed by atoms with van der Waals surface area (Å²) in [5, 5.41) is 4.25. The fourth-order valence-electron chi connectivity index (χ4n) is 1.85. The lowest BCUT2D eigenvalue weighted by Crippen LogP contribution is -2.15. The van der Waals surface area contributed by atoms with Crippen molar-refractivity contribution in [2.24, 2.45) is 7.05 Å². The van der Waals surface area contributed by atoms with Crippen LogP contribution in [0.25, 0.3) is 0 Å². The van der Waals surface area contributed by atoms with E-state index in [1.807, 2.05) is 25.9 Å². The molecule has 0 unspecified atom stereocenters. The molecule has 0 radical (unpaired) electrons. The second-order valence-electron chi connectivity index (χ2n) is 3.98. The van der Waals surface area contributed by atoms with Crippen LogP contribution in [0.3, 0.4) is 0 Å². The summed E-state index contributed by atoms with van der Waals surface area (Å²) in [4.78, 5) is 1.88. The van der Waals surface area contributed by atoms with Gasteiger partial charge in [0, 0.05) is 19.8 Å². The van der Waals surface area contributed by atoms with E-state index in [1.54, 1.807) is 16.8 Å². The van der Waals surface area contributed by atoms with Gasteiger partial charge in [0.15, 0.2) is 5.82 Å². The van der Waals surface area contributed by atoms with E-state index in [2.05, 4.69) is 5.10 Å². The summed E-state index contributed by atoms with van der Waals surface area (Å²) in [5.74, 6) is 0.547. The number of hydrogen-bond acceptors (Lipinski definition) is 3. The number of rotatable bonds is 2. The van der Waals surface area contributed by atoms with Gasteiger partial charge in [0.1, 0.15) is 5.82 Å². The molecule has 2 rings (SSSR count). The summed E-state index contributed by atoms with van der Waals surface area (Å²) in [6, 6.07) is 6.25. The molecule has 90 valence electrons. The summed E-state index contributed by atoms with van der Waals surface area (Å²) in [7, 11) is 3.71. The first-order valence-electron chi connectivity index (χ1n) is 5.29. The van der Waals surface area contributed by atoms with Crippen LogP contribution in [0.2, 0.25) is 0 Å². The van der Waals surface area contributed by atoms with Crippen molar-refractivity contribution >= 4 is 17.2 Å². The second-order valence-corrected chi connectivity index (χ2v) is 3.98. The number of aryl methyl sites for hydroxylation is 2. The molecule has 1 aromatic carbocycles. The number of anilines is 3. The predicted octanol–water partition coefficient (Wildman–Crippen LogP) is 2.22. The molecular formula is C12H15FN4. The van der Waals surface area contributed by atoms with E-state index in [-0.39, 0.29) is 5.82 Å². The van der Waals surface area contributed by atoms with Crippen molar-refractivity contribution in [3.8, 4) is 0 Å². The van der Waals surface area contributed by atoms with Gasteiger partial charge in [0.05, 0.1) is 11.4 Å². The number of halogens is 1. The Morgan fingerprint density at radius 3 is 2.35 bits per heavy atom. The smallest absolute Gasteiger partial charge is 0.154 e. The Hall–Kier alpha value is -2.04. The molecule has 0 aliphatic heterocycles. The minimum Gasteiger partial charge on any atom is -0.394 e. The third-order valence-corrected chi connectivity index (χ3v) is 2.77. The zero-order valence-corrected chi connectivity index (χ0v) is 10.1. The van der Waals surface area contributed by atoms with Crippen molar-refractivity contribution in [2.75, 3.05) is 17.7 Å². The average Bonchev–Trinajstić information content (AvgIpc) is 2.53. The highest BCUT2D eigenvalue weighted by molar-refractivity contribution is 5.72. The SMILES string of the molecule is Cc1nn(C)c(N(C)c2ccc(F)cc2)c1N. The van der Waals surface area contributed by atoms with Crippen LogP contribution in [0.15, 0.2) is 24.3 Å². The highest BCUT2D eigenvalue weighted by atomic mass is 19.1. The van der Waals surface area contributed by atoms with E-state index in [4.69, 9.17) is 5.73 Å². The maximum atomic E-state index is 12.9. The van der Waals surface area contributed by atoms with Gasteiger partial charge in [-0.25, -0.2) is 4.39 Å². The Morgan fingerprint density at radius 1 is 1.29 bits per heavy atom. The number of benzene rings is 1. The highest BCUT2D eigenvalue weighted by Gasteiger charge is 2.15. The third-order valence-electron chi connectivity index (χ3n) is 2.77. The number of nitrogens with zero attached hydrogens (tertiary/aromatic N) is 3. The van der Waals surface area contributed by atoms with Crippen molar-refractivity contribution < 1.29 is 4.39 Å². The molecule has 0 bridgehead atoms. The van der Waals surface area contributed by atoms with E-state index in [1.165, 1.54) is 12.1 Å². The summed E-state index contributed by atoms with van der Waals surface area (Å²) in [6.45, 7) is 1.86. The predicted molar refractivity (Wildman–Crippen MR) is 66.8 cm³/mol. The molecule has 4 nitrogen and oxygen atoms in total. The van der Waals surface area contributed by atoms with Crippen LogP contribution in [0.5, 0.6) is 0 Å². The molecule has 0 amide bonds. The monoisotopic (exact) mass is 234 g/mol. The Labute approximate surface area is 99.5 Å². The number of nitrogen functional groups attached to an aromatic ring is 1. The fourth-order valence-corrected chi connectivity index (χ4v) is 1.85. The molecule has 0 spiro atoms. The lowest BCUT2D eigenvalue weighted by Gasteiger charge is -2.20. The molecule has 0 saturated heterocycles. The van der Waals surface area contributed by atoms with E-state index in [0.717, 1.165) is 17.2 Å². The lowest BCUT2D eigenvalue weighted by atomic mass is 10.2. The van der Waals surface area contributed by atoms with Crippen LogP contribution in [0, 0.1) is 12.7 Å². The van der Waals surface area contributed by atoms with E-state index < -0.39 is 0 Å². The van der Waals surface area contributed by atoms with Crippen LogP contribution >= 0.6 is 0 Å². The van der Waals surface area contributed by atoms with Crippen molar-refractivity contribution in [3.63, 3.8) is 0 Å². The van der Waals surface area contributed by atoms with Gasteiger partial charge in [0.25, 0.3) is 0 Å². The lowest BCUT2D eigenvalue weighted by molar-refractivity contribution is 0.628. The topological polar surface area (TPSA) is 47.1 Å². The molecule has 0 aliphatic rings. The van der Waals surface area contributed by atoms with Crippen molar-refractivity contribution in [1.82, 2.24) is 9.78 Å². The van der Waals surface area contributed by atoms with Gasteiger partial charge in [-0.05, 0) is 31.2 Å². The quantitative estimate of drug-likeness (QED) is 0.866.